The van der Waals surface area contributed by atoms with Gasteiger partial charge < -0.3 is 9.64 Å². The van der Waals surface area contributed by atoms with E-state index >= 15 is 0 Å². The van der Waals surface area contributed by atoms with Gasteiger partial charge in [0.25, 0.3) is 0 Å². The lowest BCUT2D eigenvalue weighted by atomic mass is 9.92. The van der Waals surface area contributed by atoms with Gasteiger partial charge in [0.1, 0.15) is 0 Å². The van der Waals surface area contributed by atoms with Gasteiger partial charge in [-0.1, -0.05) is 6.07 Å². The third-order valence-electron chi connectivity index (χ3n) is 4.25. The van der Waals surface area contributed by atoms with Crippen molar-refractivity contribution in [1.82, 2.24) is 9.88 Å². The van der Waals surface area contributed by atoms with Crippen LogP contribution < -0.4 is 0 Å². The summed E-state index contributed by atoms with van der Waals surface area (Å²) >= 11 is 0. The van der Waals surface area contributed by atoms with Gasteiger partial charge in [0, 0.05) is 25.8 Å². The van der Waals surface area contributed by atoms with Crippen molar-refractivity contribution in [1.29, 1.82) is 0 Å². The first-order valence-corrected chi connectivity index (χ1v) is 7.09. The van der Waals surface area contributed by atoms with Crippen molar-refractivity contribution in [3.8, 4) is 0 Å². The summed E-state index contributed by atoms with van der Waals surface area (Å²) in [5.74, 6) is 0.234. The van der Waals surface area contributed by atoms with E-state index in [0.717, 1.165) is 44.5 Å². The first-order chi connectivity index (χ1) is 9.27. The van der Waals surface area contributed by atoms with Crippen LogP contribution in [0.2, 0.25) is 0 Å². The quantitative estimate of drug-likeness (QED) is 0.818. The summed E-state index contributed by atoms with van der Waals surface area (Å²) in [6.45, 7) is 2.26. The van der Waals surface area contributed by atoms with Crippen LogP contribution in [-0.4, -0.2) is 34.5 Å². The van der Waals surface area contributed by atoms with Crippen LogP contribution in [0.1, 0.15) is 37.8 Å². The number of likely N-dealkylation sites (tertiary alicyclic amines) is 1. The molecular weight excluding hydrogens is 240 g/mol. The number of rotatable bonds is 2. The van der Waals surface area contributed by atoms with Crippen LogP contribution >= 0.6 is 0 Å². The molecule has 1 atom stereocenters. The Balaban J connectivity index is 1.67. The highest BCUT2D eigenvalue weighted by Gasteiger charge is 2.38. The molecule has 3 rings (SSSR count). The molecule has 0 unspecified atom stereocenters. The Morgan fingerprint density at radius 1 is 1.32 bits per heavy atom. The van der Waals surface area contributed by atoms with Gasteiger partial charge in [-0.05, 0) is 37.8 Å². The molecule has 0 bridgehead atoms. The average Bonchev–Trinajstić information content (AvgIpc) is 2.85. The highest BCUT2D eigenvalue weighted by molar-refractivity contribution is 5.76. The molecule has 2 saturated heterocycles. The monoisotopic (exact) mass is 260 g/mol. The fraction of sp³-hybridized carbons (Fsp3) is 0.600. The first-order valence-electron chi connectivity index (χ1n) is 7.09. The number of carbonyl (C=O) groups excluding carboxylic acids is 1. The molecule has 1 amide bonds. The molecule has 1 spiro atoms. The van der Waals surface area contributed by atoms with E-state index in [1.165, 1.54) is 0 Å². The lowest BCUT2D eigenvalue weighted by Gasteiger charge is -2.26. The fourth-order valence-corrected chi connectivity index (χ4v) is 3.09. The molecular formula is C15H20N2O2. The SMILES string of the molecule is O=C1CC[C@]2(CCCO2)CCN1Cc1ccccn1. The van der Waals surface area contributed by atoms with Crippen LogP contribution in [0.5, 0.6) is 0 Å². The minimum Gasteiger partial charge on any atom is -0.375 e. The van der Waals surface area contributed by atoms with E-state index in [9.17, 15) is 4.79 Å². The first kappa shape index (κ1) is 12.6. The van der Waals surface area contributed by atoms with Gasteiger partial charge in [-0.3, -0.25) is 9.78 Å². The zero-order valence-electron chi connectivity index (χ0n) is 11.2. The van der Waals surface area contributed by atoms with Gasteiger partial charge in [0.15, 0.2) is 0 Å². The molecule has 19 heavy (non-hydrogen) atoms. The van der Waals surface area contributed by atoms with Crippen LogP contribution in [0.3, 0.4) is 0 Å². The zero-order valence-corrected chi connectivity index (χ0v) is 11.2. The average molecular weight is 260 g/mol. The normalized spacial score (nSPS) is 27.8. The summed E-state index contributed by atoms with van der Waals surface area (Å²) in [5, 5.41) is 0. The summed E-state index contributed by atoms with van der Waals surface area (Å²) in [5.41, 5.74) is 0.938. The number of amides is 1. The number of pyridine rings is 1. The second-order valence-electron chi connectivity index (χ2n) is 5.52. The van der Waals surface area contributed by atoms with E-state index in [1.54, 1.807) is 6.20 Å². The highest BCUT2D eigenvalue weighted by atomic mass is 16.5. The van der Waals surface area contributed by atoms with Crippen molar-refractivity contribution in [2.75, 3.05) is 13.2 Å². The Labute approximate surface area is 113 Å². The topological polar surface area (TPSA) is 42.4 Å². The van der Waals surface area contributed by atoms with E-state index in [2.05, 4.69) is 4.98 Å². The molecule has 1 aromatic heterocycles. The van der Waals surface area contributed by atoms with Crippen molar-refractivity contribution < 1.29 is 9.53 Å². The van der Waals surface area contributed by atoms with E-state index < -0.39 is 0 Å². The number of aromatic nitrogens is 1. The van der Waals surface area contributed by atoms with Gasteiger partial charge in [0.05, 0.1) is 17.8 Å². The van der Waals surface area contributed by atoms with Gasteiger partial charge in [-0.2, -0.15) is 0 Å². The van der Waals surface area contributed by atoms with Crippen molar-refractivity contribution in [3.63, 3.8) is 0 Å². The van der Waals surface area contributed by atoms with Crippen LogP contribution in [0, 0.1) is 0 Å². The van der Waals surface area contributed by atoms with Crippen LogP contribution in [-0.2, 0) is 16.1 Å². The molecule has 0 N–H and O–H groups in total. The fourth-order valence-electron chi connectivity index (χ4n) is 3.09. The van der Waals surface area contributed by atoms with Gasteiger partial charge in [-0.25, -0.2) is 0 Å². The summed E-state index contributed by atoms with van der Waals surface area (Å²) in [6, 6.07) is 5.83. The standard InChI is InChI=1S/C15H20N2O2/c18-14-5-7-15(6-3-11-19-15)8-10-17(14)12-13-4-1-2-9-16-13/h1-2,4,9H,3,5-8,10-12H2/t15-/m1/s1. The van der Waals surface area contributed by atoms with Crippen LogP contribution in [0.15, 0.2) is 24.4 Å². The largest absolute Gasteiger partial charge is 0.375 e. The molecule has 102 valence electrons. The lowest BCUT2D eigenvalue weighted by Crippen LogP contribution is -2.32. The van der Waals surface area contributed by atoms with Gasteiger partial charge >= 0.3 is 0 Å². The summed E-state index contributed by atoms with van der Waals surface area (Å²) in [4.78, 5) is 18.4. The maximum absolute atomic E-state index is 12.2. The smallest absolute Gasteiger partial charge is 0.223 e. The molecule has 0 saturated carbocycles. The third kappa shape index (κ3) is 2.78. The predicted molar refractivity (Wildman–Crippen MR) is 71.4 cm³/mol. The Hall–Kier alpha value is -1.42. The van der Waals surface area contributed by atoms with E-state index in [0.29, 0.717) is 13.0 Å². The molecule has 4 heteroatoms. The van der Waals surface area contributed by atoms with E-state index in [4.69, 9.17) is 4.74 Å². The van der Waals surface area contributed by atoms with Crippen molar-refractivity contribution in [2.24, 2.45) is 0 Å². The van der Waals surface area contributed by atoms with E-state index in [-0.39, 0.29) is 11.5 Å². The maximum Gasteiger partial charge on any atom is 0.223 e. The van der Waals surface area contributed by atoms with Crippen molar-refractivity contribution >= 4 is 5.91 Å². The number of nitrogens with zero attached hydrogens (tertiary/aromatic N) is 2. The van der Waals surface area contributed by atoms with Crippen LogP contribution in [0.4, 0.5) is 0 Å². The summed E-state index contributed by atoms with van der Waals surface area (Å²) in [6.07, 6.45) is 6.47. The highest BCUT2D eigenvalue weighted by Crippen LogP contribution is 2.36. The lowest BCUT2D eigenvalue weighted by molar-refractivity contribution is -0.131. The Morgan fingerprint density at radius 3 is 3.00 bits per heavy atom. The second kappa shape index (κ2) is 5.29. The molecule has 4 nitrogen and oxygen atoms in total. The Kier molecular flexibility index (Phi) is 3.51. The molecule has 2 aliphatic rings. The minimum atomic E-state index is -0.0193. The number of hydrogen-bond acceptors (Lipinski definition) is 3. The van der Waals surface area contributed by atoms with Crippen LogP contribution in [0.25, 0.3) is 0 Å². The summed E-state index contributed by atoms with van der Waals surface area (Å²) < 4.78 is 5.91. The number of hydrogen-bond donors (Lipinski definition) is 0. The number of ether oxygens (including phenoxy) is 1. The zero-order chi connectivity index (χ0) is 13.1. The molecule has 0 aliphatic carbocycles. The summed E-state index contributed by atoms with van der Waals surface area (Å²) in [7, 11) is 0. The molecule has 2 fully saturated rings. The molecule has 2 aliphatic heterocycles. The molecule has 3 heterocycles. The van der Waals surface area contributed by atoms with Gasteiger partial charge in [0.2, 0.25) is 5.91 Å². The predicted octanol–water partition coefficient (Wildman–Crippen LogP) is 2.14. The van der Waals surface area contributed by atoms with E-state index in [1.807, 2.05) is 23.1 Å². The second-order valence-corrected chi connectivity index (χ2v) is 5.52. The minimum absolute atomic E-state index is 0.0193. The van der Waals surface area contributed by atoms with Gasteiger partial charge in [-0.15, -0.1) is 0 Å². The third-order valence-corrected chi connectivity index (χ3v) is 4.25. The Morgan fingerprint density at radius 2 is 2.26 bits per heavy atom. The maximum atomic E-state index is 12.2. The molecule has 0 radical (unpaired) electrons. The Bertz CT molecular complexity index is 441. The van der Waals surface area contributed by atoms with Crippen molar-refractivity contribution in [2.45, 2.75) is 44.2 Å². The molecule has 1 aromatic rings. The number of carbonyl (C=O) groups is 1. The molecule has 0 aromatic carbocycles. The van der Waals surface area contributed by atoms with Crippen molar-refractivity contribution in [3.05, 3.63) is 30.1 Å².